The summed E-state index contributed by atoms with van der Waals surface area (Å²) in [6, 6.07) is 16.6. The van der Waals surface area contributed by atoms with Gasteiger partial charge in [0, 0.05) is 0 Å². The zero-order valence-corrected chi connectivity index (χ0v) is 15.8. The minimum atomic E-state index is 0.123. The minimum absolute atomic E-state index is 0.123. The Labute approximate surface area is 151 Å². The molecule has 2 aromatic rings. The second-order valence-corrected chi connectivity index (χ2v) is 7.40. The highest BCUT2D eigenvalue weighted by Crippen LogP contribution is 2.31. The van der Waals surface area contributed by atoms with Gasteiger partial charge in [0.15, 0.2) is 0 Å². The van der Waals surface area contributed by atoms with E-state index in [-0.39, 0.29) is 5.41 Å². The summed E-state index contributed by atoms with van der Waals surface area (Å²) in [6.07, 6.45) is 3.26. The van der Waals surface area contributed by atoms with Gasteiger partial charge in [-0.25, -0.2) is 0 Å². The molecule has 0 aromatic heterocycles. The lowest BCUT2D eigenvalue weighted by Gasteiger charge is -2.27. The van der Waals surface area contributed by atoms with Gasteiger partial charge in [0.25, 0.3) is 0 Å². The van der Waals surface area contributed by atoms with E-state index in [0.29, 0.717) is 5.56 Å². The Kier molecular flexibility index (Phi) is 5.91. The SMILES string of the molecule is C/C(=C/c1ccc(C)c(C(C)(C)CCS)c1)c1ccc(C#N)cc1. The van der Waals surface area contributed by atoms with Gasteiger partial charge in [-0.2, -0.15) is 17.9 Å². The summed E-state index contributed by atoms with van der Waals surface area (Å²) in [5.74, 6) is 0.886. The Morgan fingerprint density at radius 1 is 1.17 bits per heavy atom. The summed E-state index contributed by atoms with van der Waals surface area (Å²) >= 11 is 4.41. The Morgan fingerprint density at radius 2 is 1.83 bits per heavy atom. The number of benzene rings is 2. The number of hydrogen-bond acceptors (Lipinski definition) is 2. The monoisotopic (exact) mass is 335 g/mol. The molecular formula is C22H25NS. The van der Waals surface area contributed by atoms with Crippen LogP contribution in [-0.2, 0) is 5.41 Å². The van der Waals surface area contributed by atoms with Crippen molar-refractivity contribution in [1.29, 1.82) is 5.26 Å². The van der Waals surface area contributed by atoms with Crippen LogP contribution in [0, 0.1) is 18.3 Å². The fourth-order valence-corrected chi connectivity index (χ4v) is 3.57. The lowest BCUT2D eigenvalue weighted by molar-refractivity contribution is 0.508. The predicted octanol–water partition coefficient (Wildman–Crippen LogP) is 6.02. The molecule has 0 radical (unpaired) electrons. The molecule has 2 rings (SSSR count). The Balaban J connectivity index is 2.36. The summed E-state index contributed by atoms with van der Waals surface area (Å²) in [4.78, 5) is 0. The maximum Gasteiger partial charge on any atom is 0.0991 e. The van der Waals surface area contributed by atoms with Crippen LogP contribution in [0.1, 0.15) is 55.0 Å². The van der Waals surface area contributed by atoms with Crippen LogP contribution < -0.4 is 0 Å². The average molecular weight is 336 g/mol. The molecule has 1 nitrogen and oxygen atoms in total. The summed E-state index contributed by atoms with van der Waals surface area (Å²) in [5, 5.41) is 8.91. The van der Waals surface area contributed by atoms with Gasteiger partial charge in [-0.15, -0.1) is 0 Å². The van der Waals surface area contributed by atoms with Gasteiger partial charge in [-0.3, -0.25) is 0 Å². The van der Waals surface area contributed by atoms with Gasteiger partial charge in [-0.05, 0) is 71.4 Å². The molecule has 0 fully saturated rings. The molecule has 0 saturated carbocycles. The Bertz CT molecular complexity index is 777. The van der Waals surface area contributed by atoms with Crippen LogP contribution in [0.25, 0.3) is 11.6 Å². The molecule has 2 aromatic carbocycles. The van der Waals surface area contributed by atoms with E-state index in [0.717, 1.165) is 17.7 Å². The molecule has 0 saturated heterocycles. The summed E-state index contributed by atoms with van der Waals surface area (Å²) in [7, 11) is 0. The van der Waals surface area contributed by atoms with Crippen LogP contribution in [-0.4, -0.2) is 5.75 Å². The normalized spacial score (nSPS) is 12.1. The minimum Gasteiger partial charge on any atom is -0.192 e. The van der Waals surface area contributed by atoms with E-state index in [1.54, 1.807) is 0 Å². The Morgan fingerprint density at radius 3 is 2.42 bits per heavy atom. The molecule has 2 heteroatoms. The summed E-state index contributed by atoms with van der Waals surface area (Å²) in [5.41, 5.74) is 7.08. The average Bonchev–Trinajstić information content (AvgIpc) is 2.56. The molecule has 0 spiro atoms. The zero-order chi connectivity index (χ0) is 17.7. The lowest BCUT2D eigenvalue weighted by atomic mass is 9.79. The highest BCUT2D eigenvalue weighted by Gasteiger charge is 2.21. The number of thiol groups is 1. The number of hydrogen-bond donors (Lipinski definition) is 1. The van der Waals surface area contributed by atoms with Gasteiger partial charge in [-0.1, -0.05) is 50.3 Å². The third-order valence-electron chi connectivity index (χ3n) is 4.58. The lowest BCUT2D eigenvalue weighted by Crippen LogP contribution is -2.19. The third kappa shape index (κ3) is 4.30. The van der Waals surface area contributed by atoms with Crippen LogP contribution >= 0.6 is 12.6 Å². The van der Waals surface area contributed by atoms with Crippen molar-refractivity contribution in [2.24, 2.45) is 0 Å². The molecule has 0 heterocycles. The number of aryl methyl sites for hydroxylation is 1. The first kappa shape index (κ1) is 18.4. The number of nitrogens with zero attached hydrogens (tertiary/aromatic N) is 1. The van der Waals surface area contributed by atoms with Gasteiger partial charge in [0.05, 0.1) is 11.6 Å². The summed E-state index contributed by atoms with van der Waals surface area (Å²) < 4.78 is 0. The van der Waals surface area contributed by atoms with E-state index >= 15 is 0 Å². The molecule has 0 aliphatic rings. The standard InChI is InChI=1S/C22H25NS/c1-16-5-6-19(14-21(16)22(3,4)11-12-24)13-17(2)20-9-7-18(15-23)8-10-20/h5-10,13-14,24H,11-12H2,1-4H3/b17-13-. The fourth-order valence-electron chi connectivity index (χ4n) is 3.01. The number of allylic oxidation sites excluding steroid dienone is 1. The largest absolute Gasteiger partial charge is 0.192 e. The van der Waals surface area contributed by atoms with E-state index < -0.39 is 0 Å². The maximum absolute atomic E-state index is 8.91. The van der Waals surface area contributed by atoms with Crippen molar-refractivity contribution in [1.82, 2.24) is 0 Å². The predicted molar refractivity (Wildman–Crippen MR) is 107 cm³/mol. The Hall–Kier alpha value is -1.98. The van der Waals surface area contributed by atoms with Gasteiger partial charge in [0.2, 0.25) is 0 Å². The molecule has 0 aliphatic carbocycles. The quantitative estimate of drug-likeness (QED) is 0.524. The van der Waals surface area contributed by atoms with E-state index in [1.165, 1.54) is 22.3 Å². The van der Waals surface area contributed by atoms with Crippen LogP contribution in [0.4, 0.5) is 0 Å². The molecule has 124 valence electrons. The van der Waals surface area contributed by atoms with E-state index in [1.807, 2.05) is 24.3 Å². The van der Waals surface area contributed by atoms with E-state index in [4.69, 9.17) is 5.26 Å². The highest BCUT2D eigenvalue weighted by atomic mass is 32.1. The topological polar surface area (TPSA) is 23.8 Å². The first-order chi connectivity index (χ1) is 11.4. The molecule has 24 heavy (non-hydrogen) atoms. The van der Waals surface area contributed by atoms with Crippen LogP contribution in [0.15, 0.2) is 42.5 Å². The molecule has 0 unspecified atom stereocenters. The smallest absolute Gasteiger partial charge is 0.0991 e. The van der Waals surface area contributed by atoms with E-state index in [2.05, 4.69) is 70.7 Å². The van der Waals surface area contributed by atoms with Crippen molar-refractivity contribution < 1.29 is 0 Å². The number of nitriles is 1. The van der Waals surface area contributed by atoms with Crippen molar-refractivity contribution in [2.75, 3.05) is 5.75 Å². The van der Waals surface area contributed by atoms with Gasteiger partial charge < -0.3 is 0 Å². The summed E-state index contributed by atoms with van der Waals surface area (Å²) in [6.45, 7) is 8.86. The van der Waals surface area contributed by atoms with Crippen molar-refractivity contribution in [2.45, 2.75) is 39.5 Å². The third-order valence-corrected chi connectivity index (χ3v) is 4.80. The number of rotatable bonds is 5. The van der Waals surface area contributed by atoms with Gasteiger partial charge >= 0.3 is 0 Å². The van der Waals surface area contributed by atoms with Crippen molar-refractivity contribution in [3.8, 4) is 6.07 Å². The molecule has 0 atom stereocenters. The van der Waals surface area contributed by atoms with Gasteiger partial charge in [0.1, 0.15) is 0 Å². The molecule has 0 amide bonds. The maximum atomic E-state index is 8.91. The molecular weight excluding hydrogens is 310 g/mol. The van der Waals surface area contributed by atoms with E-state index in [9.17, 15) is 0 Å². The fraction of sp³-hybridized carbons (Fsp3) is 0.318. The second kappa shape index (κ2) is 7.73. The van der Waals surface area contributed by atoms with Crippen LogP contribution in [0.5, 0.6) is 0 Å². The van der Waals surface area contributed by atoms with Crippen molar-refractivity contribution in [3.63, 3.8) is 0 Å². The molecule has 0 bridgehead atoms. The van der Waals surface area contributed by atoms with Crippen molar-refractivity contribution >= 4 is 24.3 Å². The van der Waals surface area contributed by atoms with Crippen molar-refractivity contribution in [3.05, 3.63) is 70.3 Å². The first-order valence-electron chi connectivity index (χ1n) is 8.28. The highest BCUT2D eigenvalue weighted by molar-refractivity contribution is 7.80. The second-order valence-electron chi connectivity index (χ2n) is 6.95. The van der Waals surface area contributed by atoms with Crippen LogP contribution in [0.2, 0.25) is 0 Å². The molecule has 0 aliphatic heterocycles. The first-order valence-corrected chi connectivity index (χ1v) is 8.91. The van der Waals surface area contributed by atoms with Crippen LogP contribution in [0.3, 0.4) is 0 Å². The molecule has 0 N–H and O–H groups in total. The zero-order valence-electron chi connectivity index (χ0n) is 14.9.